The Morgan fingerprint density at radius 2 is 1.96 bits per heavy atom. The van der Waals surface area contributed by atoms with Crippen molar-refractivity contribution in [2.45, 2.75) is 57.9 Å². The first-order valence-electron chi connectivity index (χ1n) is 10.0. The fraction of sp³-hybridized carbons (Fsp3) is 0.500. The first-order valence-corrected chi connectivity index (χ1v) is 10.0. The maximum atomic E-state index is 12.8. The molecule has 0 aliphatic heterocycles. The third-order valence-corrected chi connectivity index (χ3v) is 5.92. The summed E-state index contributed by atoms with van der Waals surface area (Å²) in [5, 5.41) is 3.85. The normalized spacial score (nSPS) is 21.7. The Labute approximate surface area is 159 Å². The van der Waals surface area contributed by atoms with Crippen LogP contribution in [0.4, 0.5) is 0 Å². The van der Waals surface area contributed by atoms with Gasteiger partial charge in [-0.05, 0) is 49.7 Å². The van der Waals surface area contributed by atoms with Crippen molar-refractivity contribution in [2.75, 3.05) is 6.61 Å². The van der Waals surface area contributed by atoms with Crippen molar-refractivity contribution < 1.29 is 14.3 Å². The van der Waals surface area contributed by atoms with Crippen LogP contribution in [0, 0.1) is 5.92 Å². The standard InChI is InChI=1S/C22H26N2O3/c1-14-7-2-4-10-17(14)24-20(25)13-27-22(26)21-15-8-3-5-11-18(15)23-19-12-6-9-16(19)21/h3,5,8,11,14,17H,2,4,6-7,9-10,12-13H2,1H3,(H,24,25)/t14-,17-/m0/s1. The summed E-state index contributed by atoms with van der Waals surface area (Å²) < 4.78 is 5.42. The van der Waals surface area contributed by atoms with Gasteiger partial charge in [-0.1, -0.05) is 38.0 Å². The van der Waals surface area contributed by atoms with Crippen LogP contribution in [-0.4, -0.2) is 29.5 Å². The summed E-state index contributed by atoms with van der Waals surface area (Å²) in [7, 11) is 0. The Bertz CT molecular complexity index is 877. The van der Waals surface area contributed by atoms with E-state index < -0.39 is 5.97 Å². The number of ether oxygens (including phenoxy) is 1. The fourth-order valence-electron chi connectivity index (χ4n) is 4.43. The van der Waals surface area contributed by atoms with Gasteiger partial charge in [-0.3, -0.25) is 9.78 Å². The first kappa shape index (κ1) is 18.0. The monoisotopic (exact) mass is 366 g/mol. The SMILES string of the molecule is C[C@H]1CCCC[C@@H]1NC(=O)COC(=O)c1c2c(nc3ccccc13)CCC2. The molecule has 0 bridgehead atoms. The van der Waals surface area contributed by atoms with Crippen LogP contribution in [0.5, 0.6) is 0 Å². The molecule has 5 heteroatoms. The molecule has 142 valence electrons. The third kappa shape index (κ3) is 3.68. The molecule has 0 unspecified atom stereocenters. The lowest BCUT2D eigenvalue weighted by atomic mass is 9.86. The molecule has 1 N–H and O–H groups in total. The number of pyridine rings is 1. The first-order chi connectivity index (χ1) is 13.1. The number of esters is 1. The van der Waals surface area contributed by atoms with Crippen molar-refractivity contribution in [2.24, 2.45) is 5.92 Å². The molecule has 2 aromatic rings. The van der Waals surface area contributed by atoms with Gasteiger partial charge in [0.05, 0.1) is 11.1 Å². The number of nitrogens with zero attached hydrogens (tertiary/aromatic N) is 1. The van der Waals surface area contributed by atoms with Gasteiger partial charge in [-0.2, -0.15) is 0 Å². The number of nitrogens with one attached hydrogen (secondary N) is 1. The number of carbonyl (C=O) groups is 2. The van der Waals surface area contributed by atoms with Gasteiger partial charge in [0.1, 0.15) is 0 Å². The van der Waals surface area contributed by atoms with Gasteiger partial charge in [0.15, 0.2) is 6.61 Å². The highest BCUT2D eigenvalue weighted by molar-refractivity contribution is 6.05. The average molecular weight is 366 g/mol. The lowest BCUT2D eigenvalue weighted by Crippen LogP contribution is -2.42. The molecule has 5 nitrogen and oxygen atoms in total. The van der Waals surface area contributed by atoms with Crippen LogP contribution in [0.25, 0.3) is 10.9 Å². The zero-order valence-electron chi connectivity index (χ0n) is 15.8. The Morgan fingerprint density at radius 3 is 2.81 bits per heavy atom. The third-order valence-electron chi connectivity index (χ3n) is 5.92. The van der Waals surface area contributed by atoms with Crippen LogP contribution < -0.4 is 5.32 Å². The molecule has 2 aliphatic carbocycles. The molecule has 1 aromatic carbocycles. The molecule has 1 aromatic heterocycles. The summed E-state index contributed by atoms with van der Waals surface area (Å²) in [6, 6.07) is 7.84. The zero-order valence-corrected chi connectivity index (χ0v) is 15.8. The number of hydrogen-bond donors (Lipinski definition) is 1. The molecular formula is C22H26N2O3. The second-order valence-corrected chi connectivity index (χ2v) is 7.79. The van der Waals surface area contributed by atoms with E-state index in [0.29, 0.717) is 11.5 Å². The predicted octanol–water partition coefficient (Wildman–Crippen LogP) is 3.58. The second kappa shape index (κ2) is 7.67. The number of benzene rings is 1. The zero-order chi connectivity index (χ0) is 18.8. The van der Waals surface area contributed by atoms with Crippen LogP contribution >= 0.6 is 0 Å². The predicted molar refractivity (Wildman–Crippen MR) is 104 cm³/mol. The quantitative estimate of drug-likeness (QED) is 0.840. The Kier molecular flexibility index (Phi) is 5.10. The maximum Gasteiger partial charge on any atom is 0.339 e. The molecule has 0 saturated heterocycles. The lowest BCUT2D eigenvalue weighted by molar-refractivity contribution is -0.125. The van der Waals surface area contributed by atoms with Gasteiger partial charge >= 0.3 is 5.97 Å². The molecule has 1 heterocycles. The Morgan fingerprint density at radius 1 is 1.15 bits per heavy atom. The topological polar surface area (TPSA) is 68.3 Å². The van der Waals surface area contributed by atoms with Crippen LogP contribution in [0.1, 0.15) is 60.6 Å². The number of fused-ring (bicyclic) bond motifs is 2. The molecule has 1 amide bonds. The summed E-state index contributed by atoms with van der Waals surface area (Å²) in [4.78, 5) is 29.8. The van der Waals surface area contributed by atoms with Crippen LogP contribution in [0.15, 0.2) is 24.3 Å². The van der Waals surface area contributed by atoms with Crippen molar-refractivity contribution in [3.63, 3.8) is 0 Å². The molecule has 1 fully saturated rings. The summed E-state index contributed by atoms with van der Waals surface area (Å²) >= 11 is 0. The van der Waals surface area contributed by atoms with E-state index in [-0.39, 0.29) is 18.6 Å². The van der Waals surface area contributed by atoms with Gasteiger partial charge < -0.3 is 10.1 Å². The minimum absolute atomic E-state index is 0.191. The summed E-state index contributed by atoms with van der Waals surface area (Å²) in [5.74, 6) is -0.151. The van der Waals surface area contributed by atoms with E-state index in [2.05, 4.69) is 12.2 Å². The lowest BCUT2D eigenvalue weighted by Gasteiger charge is -2.29. The van der Waals surface area contributed by atoms with Gasteiger partial charge in [0.2, 0.25) is 0 Å². The summed E-state index contributed by atoms with van der Waals surface area (Å²) in [6.45, 7) is 1.94. The number of hydrogen-bond acceptors (Lipinski definition) is 4. The van der Waals surface area contributed by atoms with Gasteiger partial charge in [-0.25, -0.2) is 4.79 Å². The van der Waals surface area contributed by atoms with Gasteiger partial charge in [0.25, 0.3) is 5.91 Å². The highest BCUT2D eigenvalue weighted by Crippen LogP contribution is 2.30. The van der Waals surface area contributed by atoms with Gasteiger partial charge in [0, 0.05) is 17.1 Å². The molecule has 1 saturated carbocycles. The van der Waals surface area contributed by atoms with E-state index in [9.17, 15) is 9.59 Å². The van der Waals surface area contributed by atoms with Crippen molar-refractivity contribution in [1.29, 1.82) is 0 Å². The molecular weight excluding hydrogens is 340 g/mol. The maximum absolute atomic E-state index is 12.8. The number of aryl methyl sites for hydroxylation is 1. The van der Waals surface area contributed by atoms with Crippen molar-refractivity contribution in [3.05, 3.63) is 41.1 Å². The molecule has 2 atom stereocenters. The fourth-order valence-corrected chi connectivity index (χ4v) is 4.43. The minimum Gasteiger partial charge on any atom is -0.452 e. The van der Waals surface area contributed by atoms with Crippen molar-refractivity contribution in [1.82, 2.24) is 10.3 Å². The molecule has 2 aliphatic rings. The van der Waals surface area contributed by atoms with E-state index in [4.69, 9.17) is 9.72 Å². The number of aromatic nitrogens is 1. The van der Waals surface area contributed by atoms with Crippen LogP contribution in [-0.2, 0) is 22.4 Å². The molecule has 0 spiro atoms. The number of para-hydroxylation sites is 1. The van der Waals surface area contributed by atoms with E-state index in [1.54, 1.807) is 0 Å². The minimum atomic E-state index is -0.418. The molecule has 0 radical (unpaired) electrons. The van der Waals surface area contributed by atoms with Crippen molar-refractivity contribution >= 4 is 22.8 Å². The average Bonchev–Trinajstić information content (AvgIpc) is 3.14. The molecule has 4 rings (SSSR count). The Hall–Kier alpha value is -2.43. The highest BCUT2D eigenvalue weighted by Gasteiger charge is 2.26. The van der Waals surface area contributed by atoms with Crippen molar-refractivity contribution in [3.8, 4) is 0 Å². The number of rotatable bonds is 4. The summed E-state index contributed by atoms with van der Waals surface area (Å²) in [5.41, 5.74) is 3.37. The van der Waals surface area contributed by atoms with Crippen LogP contribution in [0.2, 0.25) is 0 Å². The van der Waals surface area contributed by atoms with E-state index in [1.807, 2.05) is 24.3 Å². The smallest absolute Gasteiger partial charge is 0.339 e. The van der Waals surface area contributed by atoms with E-state index in [0.717, 1.165) is 60.7 Å². The number of carbonyl (C=O) groups excluding carboxylic acids is 2. The van der Waals surface area contributed by atoms with E-state index >= 15 is 0 Å². The second-order valence-electron chi connectivity index (χ2n) is 7.79. The van der Waals surface area contributed by atoms with E-state index in [1.165, 1.54) is 6.42 Å². The number of amides is 1. The highest BCUT2D eigenvalue weighted by atomic mass is 16.5. The largest absolute Gasteiger partial charge is 0.452 e. The van der Waals surface area contributed by atoms with Crippen LogP contribution in [0.3, 0.4) is 0 Å². The Balaban J connectivity index is 1.48. The molecule has 27 heavy (non-hydrogen) atoms. The van der Waals surface area contributed by atoms with Gasteiger partial charge in [-0.15, -0.1) is 0 Å². The summed E-state index contributed by atoms with van der Waals surface area (Å²) in [6.07, 6.45) is 7.24.